The van der Waals surface area contributed by atoms with Crippen molar-refractivity contribution in [1.29, 1.82) is 0 Å². The molecule has 1 aliphatic carbocycles. The van der Waals surface area contributed by atoms with Gasteiger partial charge in [0.15, 0.2) is 0 Å². The lowest BCUT2D eigenvalue weighted by Crippen LogP contribution is -2.41. The van der Waals surface area contributed by atoms with Crippen LogP contribution in [-0.4, -0.2) is 30.3 Å². The summed E-state index contributed by atoms with van der Waals surface area (Å²) in [5.74, 6) is 1.09. The monoisotopic (exact) mass is 291 g/mol. The average molecular weight is 291 g/mol. The van der Waals surface area contributed by atoms with Crippen molar-refractivity contribution in [3.05, 3.63) is 30.3 Å². The molecular weight excluding hydrogens is 266 g/mol. The lowest BCUT2D eigenvalue weighted by molar-refractivity contribution is -0.126. The molecule has 1 unspecified atom stereocenters. The van der Waals surface area contributed by atoms with Crippen molar-refractivity contribution in [2.75, 3.05) is 13.2 Å². The Morgan fingerprint density at radius 2 is 1.95 bits per heavy atom. The minimum Gasteiger partial charge on any atom is -0.493 e. The Balaban J connectivity index is 1.70. The topological polar surface area (TPSA) is 58.6 Å². The molecule has 1 saturated carbocycles. The third-order valence-corrected chi connectivity index (χ3v) is 4.14. The first-order valence-electron chi connectivity index (χ1n) is 7.78. The standard InChI is InChI=1S/C17H25NO3/c1-13(12-21-16-5-3-2-4-6-16)17(20)18-15-9-7-14(11-19)8-10-15/h2-6,13-15,19H,7-12H2,1H3,(H,18,20). The maximum atomic E-state index is 12.1. The number of para-hydroxylation sites is 1. The van der Waals surface area contributed by atoms with E-state index in [0.29, 0.717) is 12.5 Å². The maximum absolute atomic E-state index is 12.1. The number of rotatable bonds is 6. The van der Waals surface area contributed by atoms with Crippen molar-refractivity contribution in [1.82, 2.24) is 5.32 Å². The molecule has 2 rings (SSSR count). The van der Waals surface area contributed by atoms with Crippen LogP contribution in [0.2, 0.25) is 0 Å². The number of benzene rings is 1. The number of carbonyl (C=O) groups excluding carboxylic acids is 1. The number of hydrogen-bond acceptors (Lipinski definition) is 3. The van der Waals surface area contributed by atoms with Crippen LogP contribution in [0.5, 0.6) is 5.75 Å². The smallest absolute Gasteiger partial charge is 0.226 e. The second kappa shape index (κ2) is 8.03. The summed E-state index contributed by atoms with van der Waals surface area (Å²) in [4.78, 5) is 12.1. The quantitative estimate of drug-likeness (QED) is 0.846. The predicted molar refractivity (Wildman–Crippen MR) is 82.1 cm³/mol. The fraction of sp³-hybridized carbons (Fsp3) is 0.588. The summed E-state index contributed by atoms with van der Waals surface area (Å²) >= 11 is 0. The zero-order valence-corrected chi connectivity index (χ0v) is 12.6. The summed E-state index contributed by atoms with van der Waals surface area (Å²) in [6.07, 6.45) is 3.92. The van der Waals surface area contributed by atoms with E-state index in [1.54, 1.807) is 0 Å². The highest BCUT2D eigenvalue weighted by molar-refractivity contribution is 5.78. The lowest BCUT2D eigenvalue weighted by atomic mass is 9.86. The Morgan fingerprint density at radius 3 is 2.57 bits per heavy atom. The third-order valence-electron chi connectivity index (χ3n) is 4.14. The molecule has 1 aromatic rings. The first-order valence-corrected chi connectivity index (χ1v) is 7.78. The van der Waals surface area contributed by atoms with Crippen molar-refractivity contribution in [2.24, 2.45) is 11.8 Å². The normalized spacial score (nSPS) is 23.3. The third kappa shape index (κ3) is 5.05. The van der Waals surface area contributed by atoms with Crippen LogP contribution in [-0.2, 0) is 4.79 Å². The van der Waals surface area contributed by atoms with Crippen molar-refractivity contribution in [2.45, 2.75) is 38.6 Å². The predicted octanol–water partition coefficient (Wildman–Crippen LogP) is 2.37. The fourth-order valence-electron chi connectivity index (χ4n) is 2.65. The zero-order valence-electron chi connectivity index (χ0n) is 12.6. The molecule has 116 valence electrons. The van der Waals surface area contributed by atoms with E-state index >= 15 is 0 Å². The summed E-state index contributed by atoms with van der Waals surface area (Å²) in [5, 5.41) is 12.2. The van der Waals surface area contributed by atoms with Crippen LogP contribution in [0.25, 0.3) is 0 Å². The highest BCUT2D eigenvalue weighted by Gasteiger charge is 2.23. The molecule has 2 N–H and O–H groups in total. The molecule has 0 bridgehead atoms. The van der Waals surface area contributed by atoms with E-state index in [1.807, 2.05) is 37.3 Å². The van der Waals surface area contributed by atoms with Gasteiger partial charge in [-0.15, -0.1) is 0 Å². The molecule has 4 heteroatoms. The van der Waals surface area contributed by atoms with Crippen LogP contribution in [0.15, 0.2) is 30.3 Å². The molecule has 1 fully saturated rings. The van der Waals surface area contributed by atoms with Crippen molar-refractivity contribution < 1.29 is 14.6 Å². The van der Waals surface area contributed by atoms with Gasteiger partial charge in [-0.05, 0) is 43.7 Å². The molecule has 21 heavy (non-hydrogen) atoms. The van der Waals surface area contributed by atoms with E-state index in [-0.39, 0.29) is 24.5 Å². The van der Waals surface area contributed by atoms with Gasteiger partial charge in [0.1, 0.15) is 5.75 Å². The molecule has 1 aromatic carbocycles. The first-order chi connectivity index (χ1) is 10.2. The van der Waals surface area contributed by atoms with Crippen LogP contribution in [0.3, 0.4) is 0 Å². The summed E-state index contributed by atoms with van der Waals surface area (Å²) in [6.45, 7) is 2.54. The van der Waals surface area contributed by atoms with E-state index in [0.717, 1.165) is 31.4 Å². The Labute approximate surface area is 126 Å². The van der Waals surface area contributed by atoms with Gasteiger partial charge >= 0.3 is 0 Å². The number of amides is 1. The summed E-state index contributed by atoms with van der Waals surface area (Å²) in [5.41, 5.74) is 0. The number of carbonyl (C=O) groups is 1. The van der Waals surface area contributed by atoms with Crippen LogP contribution in [0.1, 0.15) is 32.6 Å². The highest BCUT2D eigenvalue weighted by atomic mass is 16.5. The van der Waals surface area contributed by atoms with Gasteiger partial charge in [-0.1, -0.05) is 25.1 Å². The zero-order chi connectivity index (χ0) is 15.1. The van der Waals surface area contributed by atoms with E-state index < -0.39 is 0 Å². The number of ether oxygens (including phenoxy) is 1. The summed E-state index contributed by atoms with van der Waals surface area (Å²) < 4.78 is 5.62. The van der Waals surface area contributed by atoms with Crippen LogP contribution < -0.4 is 10.1 Å². The second-order valence-electron chi connectivity index (χ2n) is 5.93. The summed E-state index contributed by atoms with van der Waals surface area (Å²) in [6, 6.07) is 9.80. The molecule has 1 aliphatic rings. The van der Waals surface area contributed by atoms with E-state index in [4.69, 9.17) is 9.84 Å². The molecule has 0 heterocycles. The number of aliphatic hydroxyl groups excluding tert-OH is 1. The van der Waals surface area contributed by atoms with Crippen LogP contribution >= 0.6 is 0 Å². The van der Waals surface area contributed by atoms with E-state index in [9.17, 15) is 4.79 Å². The highest BCUT2D eigenvalue weighted by Crippen LogP contribution is 2.23. The second-order valence-corrected chi connectivity index (χ2v) is 5.93. The molecule has 1 atom stereocenters. The SMILES string of the molecule is CC(COc1ccccc1)C(=O)NC1CCC(CO)CC1. The van der Waals surface area contributed by atoms with Crippen molar-refractivity contribution >= 4 is 5.91 Å². The van der Waals surface area contributed by atoms with E-state index in [2.05, 4.69) is 5.32 Å². The lowest BCUT2D eigenvalue weighted by Gasteiger charge is -2.28. The minimum absolute atomic E-state index is 0.0541. The van der Waals surface area contributed by atoms with E-state index in [1.165, 1.54) is 0 Å². The summed E-state index contributed by atoms with van der Waals surface area (Å²) in [7, 11) is 0. The average Bonchev–Trinajstić information content (AvgIpc) is 2.54. The Kier molecular flexibility index (Phi) is 6.05. The van der Waals surface area contributed by atoms with Crippen molar-refractivity contribution in [3.8, 4) is 5.75 Å². The molecule has 0 aromatic heterocycles. The molecule has 0 aliphatic heterocycles. The number of aliphatic hydroxyl groups is 1. The largest absolute Gasteiger partial charge is 0.493 e. The molecule has 0 radical (unpaired) electrons. The van der Waals surface area contributed by atoms with Gasteiger partial charge in [0.05, 0.1) is 12.5 Å². The molecule has 1 amide bonds. The van der Waals surface area contributed by atoms with Gasteiger partial charge in [-0.3, -0.25) is 4.79 Å². The molecule has 0 spiro atoms. The van der Waals surface area contributed by atoms with Crippen molar-refractivity contribution in [3.63, 3.8) is 0 Å². The van der Waals surface area contributed by atoms with Gasteiger partial charge < -0.3 is 15.2 Å². The number of hydrogen-bond donors (Lipinski definition) is 2. The van der Waals surface area contributed by atoms with Gasteiger partial charge in [0.25, 0.3) is 0 Å². The molecule has 0 saturated heterocycles. The van der Waals surface area contributed by atoms with Gasteiger partial charge in [-0.25, -0.2) is 0 Å². The minimum atomic E-state index is -0.166. The Bertz CT molecular complexity index is 427. The first kappa shape index (κ1) is 15.8. The van der Waals surface area contributed by atoms with Gasteiger partial charge in [0.2, 0.25) is 5.91 Å². The van der Waals surface area contributed by atoms with Crippen LogP contribution in [0.4, 0.5) is 0 Å². The fourth-order valence-corrected chi connectivity index (χ4v) is 2.65. The van der Waals surface area contributed by atoms with Gasteiger partial charge in [0, 0.05) is 12.6 Å². The van der Waals surface area contributed by atoms with Crippen LogP contribution in [0, 0.1) is 11.8 Å². The molecular formula is C17H25NO3. The number of nitrogens with one attached hydrogen (secondary N) is 1. The molecule has 4 nitrogen and oxygen atoms in total. The Morgan fingerprint density at radius 1 is 1.29 bits per heavy atom. The Hall–Kier alpha value is -1.55. The maximum Gasteiger partial charge on any atom is 0.226 e. The van der Waals surface area contributed by atoms with Gasteiger partial charge in [-0.2, -0.15) is 0 Å².